The molecule has 1 amide bonds. The van der Waals surface area contributed by atoms with E-state index in [-0.39, 0.29) is 6.61 Å². The van der Waals surface area contributed by atoms with E-state index < -0.39 is 11.9 Å². The van der Waals surface area contributed by atoms with Crippen LogP contribution in [0, 0.1) is 0 Å². The minimum Gasteiger partial charge on any atom is -0.452 e. The van der Waals surface area contributed by atoms with Crippen LogP contribution < -0.4 is 11.1 Å². The van der Waals surface area contributed by atoms with E-state index in [1.54, 1.807) is 18.2 Å². The Balaban J connectivity index is 1.50. The van der Waals surface area contributed by atoms with Crippen LogP contribution in [0.5, 0.6) is 0 Å². The molecule has 0 fully saturated rings. The van der Waals surface area contributed by atoms with Crippen LogP contribution in [0.15, 0.2) is 66.7 Å². The number of nitrogens with one attached hydrogen (secondary N) is 1. The highest BCUT2D eigenvalue weighted by Gasteiger charge is 2.13. The van der Waals surface area contributed by atoms with Crippen LogP contribution in [0.4, 0.5) is 11.4 Å². The number of esters is 1. The van der Waals surface area contributed by atoms with E-state index in [0.29, 0.717) is 16.9 Å². The Morgan fingerprint density at radius 1 is 0.966 bits per heavy atom. The van der Waals surface area contributed by atoms with Crippen molar-refractivity contribution in [2.24, 2.45) is 0 Å². The predicted octanol–water partition coefficient (Wildman–Crippen LogP) is 4.19. The molecule has 6 heteroatoms. The monoisotopic (exact) mass is 387 g/mol. The topological polar surface area (TPSA) is 86.4 Å². The van der Waals surface area contributed by atoms with Crippen LogP contribution in [-0.2, 0) is 16.1 Å². The number of rotatable bonds is 5. The Kier molecular flexibility index (Phi) is 4.91. The highest BCUT2D eigenvalue weighted by atomic mass is 16.5. The normalized spacial score (nSPS) is 10.9. The van der Waals surface area contributed by atoms with Gasteiger partial charge in [0, 0.05) is 39.7 Å². The Morgan fingerprint density at radius 3 is 2.55 bits per heavy atom. The second-order valence-electron chi connectivity index (χ2n) is 6.74. The number of para-hydroxylation sites is 1. The number of nitrogens with zero attached hydrogens (tertiary/aromatic N) is 1. The van der Waals surface area contributed by atoms with Crippen LogP contribution in [0.1, 0.15) is 17.3 Å². The van der Waals surface area contributed by atoms with Gasteiger partial charge in [-0.3, -0.25) is 4.79 Å². The number of fused-ring (bicyclic) bond motifs is 3. The molecule has 146 valence electrons. The minimum atomic E-state index is -0.589. The number of benzene rings is 3. The van der Waals surface area contributed by atoms with Crippen LogP contribution in [0.25, 0.3) is 21.8 Å². The molecule has 0 aliphatic rings. The van der Waals surface area contributed by atoms with E-state index >= 15 is 0 Å². The van der Waals surface area contributed by atoms with Crippen molar-refractivity contribution in [1.29, 1.82) is 0 Å². The molecule has 0 radical (unpaired) electrons. The van der Waals surface area contributed by atoms with Gasteiger partial charge in [-0.25, -0.2) is 4.79 Å². The molecule has 0 saturated heterocycles. The molecule has 3 aromatic carbocycles. The molecule has 3 N–H and O–H groups in total. The average molecular weight is 387 g/mol. The van der Waals surface area contributed by atoms with E-state index in [1.165, 1.54) is 6.07 Å². The number of aromatic nitrogens is 1. The maximum absolute atomic E-state index is 12.3. The molecule has 0 bridgehead atoms. The van der Waals surface area contributed by atoms with Crippen molar-refractivity contribution < 1.29 is 14.3 Å². The first-order chi connectivity index (χ1) is 14.1. The first-order valence-corrected chi connectivity index (χ1v) is 9.40. The largest absolute Gasteiger partial charge is 0.452 e. The van der Waals surface area contributed by atoms with Gasteiger partial charge in [-0.1, -0.05) is 24.3 Å². The second-order valence-corrected chi connectivity index (χ2v) is 6.74. The number of anilines is 2. The quantitative estimate of drug-likeness (QED) is 0.397. The number of aryl methyl sites for hydroxylation is 1. The molecule has 4 rings (SSSR count). The Labute approximate surface area is 167 Å². The summed E-state index contributed by atoms with van der Waals surface area (Å²) in [6, 6.07) is 20.4. The Morgan fingerprint density at radius 2 is 1.76 bits per heavy atom. The Bertz CT molecular complexity index is 1230. The fourth-order valence-electron chi connectivity index (χ4n) is 3.55. The number of hydrogen-bond acceptors (Lipinski definition) is 4. The van der Waals surface area contributed by atoms with Gasteiger partial charge in [-0.2, -0.15) is 0 Å². The number of nitrogens with two attached hydrogens (primary N) is 1. The van der Waals surface area contributed by atoms with Gasteiger partial charge in [-0.05, 0) is 49.4 Å². The SMILES string of the molecule is CCn1c2ccccc2c2cc(NC(=O)COC(=O)c3cccc(N)c3)ccc21. The lowest BCUT2D eigenvalue weighted by Crippen LogP contribution is -2.21. The molecule has 4 aromatic rings. The summed E-state index contributed by atoms with van der Waals surface area (Å²) >= 11 is 0. The van der Waals surface area contributed by atoms with Crippen molar-refractivity contribution in [2.45, 2.75) is 13.5 Å². The maximum Gasteiger partial charge on any atom is 0.338 e. The van der Waals surface area contributed by atoms with Gasteiger partial charge in [0.25, 0.3) is 5.91 Å². The zero-order valence-corrected chi connectivity index (χ0v) is 16.0. The van der Waals surface area contributed by atoms with Crippen LogP contribution in [-0.4, -0.2) is 23.1 Å². The molecule has 0 aliphatic carbocycles. The summed E-state index contributed by atoms with van der Waals surface area (Å²) in [6.45, 7) is 2.59. The fourth-order valence-corrected chi connectivity index (χ4v) is 3.55. The van der Waals surface area contributed by atoms with Crippen LogP contribution >= 0.6 is 0 Å². The lowest BCUT2D eigenvalue weighted by atomic mass is 10.1. The van der Waals surface area contributed by atoms with Crippen molar-refractivity contribution >= 4 is 45.1 Å². The van der Waals surface area contributed by atoms with E-state index in [9.17, 15) is 9.59 Å². The van der Waals surface area contributed by atoms with Gasteiger partial charge in [0.15, 0.2) is 6.61 Å². The van der Waals surface area contributed by atoms with Crippen LogP contribution in [0.2, 0.25) is 0 Å². The lowest BCUT2D eigenvalue weighted by Gasteiger charge is -2.08. The summed E-state index contributed by atoms with van der Waals surface area (Å²) in [5, 5.41) is 4.99. The van der Waals surface area contributed by atoms with Gasteiger partial charge in [0.1, 0.15) is 0 Å². The number of ether oxygens (including phenoxy) is 1. The molecule has 1 aromatic heterocycles. The molecule has 0 unspecified atom stereocenters. The first kappa shape index (κ1) is 18.6. The average Bonchev–Trinajstić information content (AvgIpc) is 3.05. The third-order valence-corrected chi connectivity index (χ3v) is 4.83. The molecule has 6 nitrogen and oxygen atoms in total. The summed E-state index contributed by atoms with van der Waals surface area (Å²) in [4.78, 5) is 24.3. The number of hydrogen-bond donors (Lipinski definition) is 2. The second kappa shape index (κ2) is 7.67. The molecule has 0 saturated carbocycles. The van der Waals surface area contributed by atoms with Crippen LogP contribution in [0.3, 0.4) is 0 Å². The smallest absolute Gasteiger partial charge is 0.338 e. The van der Waals surface area contributed by atoms with Crippen molar-refractivity contribution in [3.8, 4) is 0 Å². The number of carbonyl (C=O) groups excluding carboxylic acids is 2. The maximum atomic E-state index is 12.3. The van der Waals surface area contributed by atoms with Crippen molar-refractivity contribution in [2.75, 3.05) is 17.7 Å². The molecular weight excluding hydrogens is 366 g/mol. The van der Waals surface area contributed by atoms with E-state index in [2.05, 4.69) is 28.9 Å². The zero-order chi connectivity index (χ0) is 20.4. The summed E-state index contributed by atoms with van der Waals surface area (Å²) in [5.41, 5.74) is 9.36. The molecular formula is C23H21N3O3. The summed E-state index contributed by atoms with van der Waals surface area (Å²) in [5.74, 6) is -0.991. The van der Waals surface area contributed by atoms with Gasteiger partial charge in [0.05, 0.1) is 5.56 Å². The molecule has 1 heterocycles. The standard InChI is InChI=1S/C23H21N3O3/c1-2-26-20-9-4-3-8-18(20)19-13-17(10-11-21(19)26)25-22(27)14-29-23(28)15-6-5-7-16(24)12-15/h3-13H,2,14,24H2,1H3,(H,25,27). The Hall–Kier alpha value is -3.80. The van der Waals surface area contributed by atoms with Crippen molar-refractivity contribution in [3.05, 3.63) is 72.3 Å². The summed E-state index contributed by atoms with van der Waals surface area (Å²) < 4.78 is 7.33. The number of carbonyl (C=O) groups is 2. The number of amides is 1. The van der Waals surface area contributed by atoms with Crippen molar-refractivity contribution in [3.63, 3.8) is 0 Å². The predicted molar refractivity (Wildman–Crippen MR) is 115 cm³/mol. The van der Waals surface area contributed by atoms with E-state index in [4.69, 9.17) is 10.5 Å². The summed E-state index contributed by atoms with van der Waals surface area (Å²) in [7, 11) is 0. The minimum absolute atomic E-state index is 0.312. The molecule has 29 heavy (non-hydrogen) atoms. The first-order valence-electron chi connectivity index (χ1n) is 9.40. The van der Waals surface area contributed by atoms with Gasteiger partial charge in [-0.15, -0.1) is 0 Å². The van der Waals surface area contributed by atoms with E-state index in [0.717, 1.165) is 28.4 Å². The van der Waals surface area contributed by atoms with Gasteiger partial charge >= 0.3 is 5.97 Å². The highest BCUT2D eigenvalue weighted by Crippen LogP contribution is 2.30. The van der Waals surface area contributed by atoms with E-state index in [1.807, 2.05) is 30.3 Å². The number of nitrogen functional groups attached to an aromatic ring is 1. The molecule has 0 spiro atoms. The fraction of sp³-hybridized carbons (Fsp3) is 0.130. The summed E-state index contributed by atoms with van der Waals surface area (Å²) in [6.07, 6.45) is 0. The van der Waals surface area contributed by atoms with Gasteiger partial charge < -0.3 is 20.4 Å². The third kappa shape index (κ3) is 3.65. The van der Waals surface area contributed by atoms with Crippen molar-refractivity contribution in [1.82, 2.24) is 4.57 Å². The highest BCUT2D eigenvalue weighted by molar-refractivity contribution is 6.10. The molecule has 0 aliphatic heterocycles. The zero-order valence-electron chi connectivity index (χ0n) is 16.0. The van der Waals surface area contributed by atoms with Gasteiger partial charge in [0.2, 0.25) is 0 Å². The third-order valence-electron chi connectivity index (χ3n) is 4.83. The molecule has 0 atom stereocenters. The lowest BCUT2D eigenvalue weighted by molar-refractivity contribution is -0.119.